The Bertz CT molecular complexity index is 1350. The van der Waals surface area contributed by atoms with Crippen LogP contribution >= 0.6 is 11.3 Å². The summed E-state index contributed by atoms with van der Waals surface area (Å²) < 4.78 is 12.5. The number of hydrogen-bond acceptors (Lipinski definition) is 7. The molecule has 0 spiro atoms. The minimum Gasteiger partial charge on any atom is -0.448 e. The van der Waals surface area contributed by atoms with Crippen LogP contribution in [0.25, 0.3) is 10.1 Å². The summed E-state index contributed by atoms with van der Waals surface area (Å²) in [7, 11) is 0. The van der Waals surface area contributed by atoms with Crippen molar-refractivity contribution in [1.29, 1.82) is 5.26 Å². The molecule has 192 valence electrons. The van der Waals surface area contributed by atoms with Crippen molar-refractivity contribution in [2.24, 2.45) is 0 Å². The van der Waals surface area contributed by atoms with Gasteiger partial charge in [0.25, 0.3) is 0 Å². The van der Waals surface area contributed by atoms with E-state index >= 15 is 0 Å². The molecule has 2 saturated heterocycles. The highest BCUT2D eigenvalue weighted by molar-refractivity contribution is 7.17. The van der Waals surface area contributed by atoms with E-state index in [1.807, 2.05) is 12.1 Å². The van der Waals surface area contributed by atoms with Crippen LogP contribution in [0.15, 0.2) is 41.8 Å². The first-order valence-corrected chi connectivity index (χ1v) is 14.0. The van der Waals surface area contributed by atoms with Gasteiger partial charge in [-0.25, -0.2) is 4.79 Å². The lowest BCUT2D eigenvalue weighted by Gasteiger charge is -2.41. The molecule has 0 radical (unpaired) electrons. The fourth-order valence-corrected chi connectivity index (χ4v) is 6.88. The van der Waals surface area contributed by atoms with E-state index in [-0.39, 0.29) is 12.2 Å². The standard InChI is InChI=1S/C29H32N4O3S/c1-20-17-32(26-19-37-28-15-21(16-30)2-5-25(26)28)10-9-31(20)8-6-27-24-4-3-22(14-23(24)7-12-35-27)18-33-11-13-36-29(33)34/h2-5,14-15,19-20,27H,6-13,17-18H2,1H3/t20-,27+/m1/s1. The van der Waals surface area contributed by atoms with E-state index in [9.17, 15) is 10.1 Å². The predicted molar refractivity (Wildman–Crippen MR) is 145 cm³/mol. The number of anilines is 1. The largest absolute Gasteiger partial charge is 0.448 e. The average molecular weight is 517 g/mol. The second-order valence-corrected chi connectivity index (χ2v) is 11.2. The second kappa shape index (κ2) is 10.3. The zero-order valence-electron chi connectivity index (χ0n) is 21.2. The summed E-state index contributed by atoms with van der Waals surface area (Å²) in [5.74, 6) is 0. The molecule has 37 heavy (non-hydrogen) atoms. The molecule has 4 heterocycles. The number of piperazine rings is 1. The van der Waals surface area contributed by atoms with Crippen molar-refractivity contribution < 1.29 is 14.3 Å². The maximum atomic E-state index is 11.8. The molecule has 3 aromatic rings. The first-order valence-electron chi connectivity index (χ1n) is 13.1. The number of nitriles is 1. The molecule has 0 aliphatic carbocycles. The number of ether oxygens (including phenoxy) is 2. The lowest BCUT2D eigenvalue weighted by Crippen LogP contribution is -2.52. The number of nitrogens with zero attached hydrogens (tertiary/aromatic N) is 4. The molecule has 3 aliphatic rings. The molecule has 0 bridgehead atoms. The van der Waals surface area contributed by atoms with E-state index in [1.54, 1.807) is 16.2 Å². The predicted octanol–water partition coefficient (Wildman–Crippen LogP) is 4.94. The Hall–Kier alpha value is -3.12. The van der Waals surface area contributed by atoms with Gasteiger partial charge in [0.2, 0.25) is 0 Å². The summed E-state index contributed by atoms with van der Waals surface area (Å²) in [6.07, 6.45) is 1.81. The van der Waals surface area contributed by atoms with Crippen molar-refractivity contribution in [2.45, 2.75) is 38.5 Å². The average Bonchev–Trinajstić information content (AvgIpc) is 3.53. The Labute approximate surface area is 221 Å². The lowest BCUT2D eigenvalue weighted by atomic mass is 9.93. The summed E-state index contributed by atoms with van der Waals surface area (Å²) in [6.45, 7) is 8.86. The van der Waals surface area contributed by atoms with Gasteiger partial charge in [-0.1, -0.05) is 24.3 Å². The van der Waals surface area contributed by atoms with Crippen molar-refractivity contribution >= 4 is 33.2 Å². The van der Waals surface area contributed by atoms with Gasteiger partial charge in [-0.2, -0.15) is 5.26 Å². The van der Waals surface area contributed by atoms with Crippen LogP contribution in [0.3, 0.4) is 0 Å². The molecule has 7 nitrogen and oxygen atoms in total. The van der Waals surface area contributed by atoms with Crippen LogP contribution in [0.5, 0.6) is 0 Å². The molecule has 0 N–H and O–H groups in total. The van der Waals surface area contributed by atoms with Gasteiger partial charge in [-0.05, 0) is 48.6 Å². The summed E-state index contributed by atoms with van der Waals surface area (Å²) in [5, 5.41) is 12.7. The molecule has 2 fully saturated rings. The SMILES string of the molecule is C[C@@H]1CN(c2csc3cc(C#N)ccc23)CCN1CC[C@@H]1OCCc2cc(CN3CCOC3=O)ccc21. The van der Waals surface area contributed by atoms with Crippen molar-refractivity contribution in [3.8, 4) is 6.07 Å². The number of carbonyl (C=O) groups excluding carboxylic acids is 1. The van der Waals surface area contributed by atoms with Gasteiger partial charge >= 0.3 is 6.09 Å². The number of thiophene rings is 1. The van der Waals surface area contributed by atoms with Crippen molar-refractivity contribution in [2.75, 3.05) is 50.8 Å². The monoisotopic (exact) mass is 516 g/mol. The molecule has 8 heteroatoms. The maximum Gasteiger partial charge on any atom is 0.410 e. The molecular weight excluding hydrogens is 484 g/mol. The molecule has 1 aromatic heterocycles. The van der Waals surface area contributed by atoms with E-state index in [0.29, 0.717) is 25.7 Å². The third-order valence-electron chi connectivity index (χ3n) is 7.93. The Morgan fingerprint density at radius 2 is 2.05 bits per heavy atom. The van der Waals surface area contributed by atoms with Crippen LogP contribution in [0.2, 0.25) is 0 Å². The molecule has 1 amide bonds. The third kappa shape index (κ3) is 4.91. The zero-order chi connectivity index (χ0) is 25.4. The van der Waals surface area contributed by atoms with E-state index in [2.05, 4.69) is 52.4 Å². The Kier molecular flexibility index (Phi) is 6.76. The van der Waals surface area contributed by atoms with Crippen molar-refractivity contribution in [3.05, 3.63) is 64.0 Å². The first kappa shape index (κ1) is 24.2. The quantitative estimate of drug-likeness (QED) is 0.462. The molecule has 2 aromatic carbocycles. The Morgan fingerprint density at radius 1 is 1.14 bits per heavy atom. The van der Waals surface area contributed by atoms with Gasteiger partial charge in [0, 0.05) is 54.2 Å². The van der Waals surface area contributed by atoms with Gasteiger partial charge < -0.3 is 19.3 Å². The van der Waals surface area contributed by atoms with Crippen LogP contribution in [0.1, 0.15) is 41.7 Å². The lowest BCUT2D eigenvalue weighted by molar-refractivity contribution is 0.0255. The summed E-state index contributed by atoms with van der Waals surface area (Å²) in [4.78, 5) is 18.7. The van der Waals surface area contributed by atoms with Gasteiger partial charge in [-0.15, -0.1) is 11.3 Å². The van der Waals surface area contributed by atoms with Crippen LogP contribution in [0.4, 0.5) is 10.5 Å². The molecule has 2 atom stereocenters. The first-order chi connectivity index (χ1) is 18.1. The summed E-state index contributed by atoms with van der Waals surface area (Å²) >= 11 is 1.72. The highest BCUT2D eigenvalue weighted by Gasteiger charge is 2.28. The molecule has 3 aliphatic heterocycles. The number of rotatable bonds is 6. The molecule has 0 unspecified atom stereocenters. The number of benzene rings is 2. The molecule has 6 rings (SSSR count). The normalized spacial score (nSPS) is 22.2. The highest BCUT2D eigenvalue weighted by Crippen LogP contribution is 2.35. The van der Waals surface area contributed by atoms with E-state index in [1.165, 1.54) is 26.9 Å². The van der Waals surface area contributed by atoms with Crippen molar-refractivity contribution in [1.82, 2.24) is 9.80 Å². The van der Waals surface area contributed by atoms with Gasteiger partial charge in [0.1, 0.15) is 6.61 Å². The number of amides is 1. The minimum absolute atomic E-state index is 0.120. The van der Waals surface area contributed by atoms with Gasteiger partial charge in [0.05, 0.1) is 36.6 Å². The van der Waals surface area contributed by atoms with Crippen LogP contribution in [0, 0.1) is 11.3 Å². The number of cyclic esters (lactones) is 1. The second-order valence-electron chi connectivity index (χ2n) is 10.2. The van der Waals surface area contributed by atoms with Gasteiger partial charge in [0.15, 0.2) is 0 Å². The molecular formula is C29H32N4O3S. The Morgan fingerprint density at radius 3 is 2.86 bits per heavy atom. The van der Waals surface area contributed by atoms with E-state index in [4.69, 9.17) is 9.47 Å². The van der Waals surface area contributed by atoms with Crippen LogP contribution in [-0.2, 0) is 22.4 Å². The van der Waals surface area contributed by atoms with Crippen LogP contribution in [-0.4, -0.2) is 67.9 Å². The topological polar surface area (TPSA) is 69.0 Å². The zero-order valence-corrected chi connectivity index (χ0v) is 22.0. The van der Waals surface area contributed by atoms with Gasteiger partial charge in [-0.3, -0.25) is 4.90 Å². The van der Waals surface area contributed by atoms with Crippen molar-refractivity contribution in [3.63, 3.8) is 0 Å². The third-order valence-corrected chi connectivity index (χ3v) is 8.86. The fourth-order valence-electron chi connectivity index (χ4n) is 5.88. The molecule has 0 saturated carbocycles. The minimum atomic E-state index is -0.214. The maximum absolute atomic E-state index is 11.8. The summed E-state index contributed by atoms with van der Waals surface area (Å²) in [6, 6.07) is 15.3. The fraction of sp³-hybridized carbons (Fsp3) is 0.448. The van der Waals surface area contributed by atoms with Crippen LogP contribution < -0.4 is 4.90 Å². The smallest absolute Gasteiger partial charge is 0.410 e. The van der Waals surface area contributed by atoms with E-state index in [0.717, 1.165) is 56.8 Å². The number of carbonyl (C=O) groups is 1. The number of fused-ring (bicyclic) bond motifs is 2. The Balaban J connectivity index is 1.07. The van der Waals surface area contributed by atoms with E-state index < -0.39 is 0 Å². The number of hydrogen-bond donors (Lipinski definition) is 0. The summed E-state index contributed by atoms with van der Waals surface area (Å²) in [5.41, 5.74) is 5.82. The highest BCUT2D eigenvalue weighted by atomic mass is 32.1.